The van der Waals surface area contributed by atoms with Crippen LogP contribution in [0.3, 0.4) is 0 Å². The number of amides is 1. The maximum absolute atomic E-state index is 12.5. The Hall–Kier alpha value is -2.66. The molecule has 1 aliphatic rings. The van der Waals surface area contributed by atoms with Crippen molar-refractivity contribution in [1.29, 1.82) is 0 Å². The lowest BCUT2D eigenvalue weighted by Gasteiger charge is -2.34. The Morgan fingerprint density at radius 1 is 0.926 bits per heavy atom. The molecule has 0 unspecified atom stereocenters. The van der Waals surface area contributed by atoms with Gasteiger partial charge in [-0.2, -0.15) is 0 Å². The van der Waals surface area contributed by atoms with Gasteiger partial charge < -0.3 is 9.64 Å². The lowest BCUT2D eigenvalue weighted by Crippen LogP contribution is -2.49. The first-order valence-corrected chi connectivity index (χ1v) is 9.37. The second-order valence-electron chi connectivity index (χ2n) is 6.79. The highest BCUT2D eigenvalue weighted by Crippen LogP contribution is 2.13. The van der Waals surface area contributed by atoms with E-state index in [0.717, 1.165) is 36.5 Å². The van der Waals surface area contributed by atoms with E-state index in [9.17, 15) is 9.59 Å². The van der Waals surface area contributed by atoms with Crippen LogP contribution in [0.2, 0.25) is 0 Å². The average Bonchev–Trinajstić information content (AvgIpc) is 2.73. The summed E-state index contributed by atoms with van der Waals surface area (Å²) in [5.41, 5.74) is 1.77. The van der Waals surface area contributed by atoms with Crippen molar-refractivity contribution in [2.75, 3.05) is 39.8 Å². The molecule has 0 radical (unpaired) electrons. The minimum Gasteiger partial charge on any atom is -0.497 e. The van der Waals surface area contributed by atoms with Gasteiger partial charge in [-0.05, 0) is 17.7 Å². The predicted octanol–water partition coefficient (Wildman–Crippen LogP) is 2.65. The summed E-state index contributed by atoms with van der Waals surface area (Å²) < 4.78 is 5.15. The van der Waals surface area contributed by atoms with Gasteiger partial charge in [-0.1, -0.05) is 42.5 Å². The number of methoxy groups -OCH3 is 1. The van der Waals surface area contributed by atoms with Gasteiger partial charge in [-0.3, -0.25) is 14.5 Å². The number of carbonyl (C=O) groups is 2. The second kappa shape index (κ2) is 9.33. The van der Waals surface area contributed by atoms with Crippen LogP contribution < -0.4 is 4.74 Å². The van der Waals surface area contributed by atoms with E-state index in [1.165, 1.54) is 0 Å². The summed E-state index contributed by atoms with van der Waals surface area (Å²) >= 11 is 0. The maximum atomic E-state index is 12.5. The Balaban J connectivity index is 1.41. The van der Waals surface area contributed by atoms with Gasteiger partial charge in [-0.15, -0.1) is 0 Å². The normalized spacial score (nSPS) is 14.8. The number of Topliss-reactive ketones (excluding diaryl/α,β-unsaturated/α-hetero) is 1. The van der Waals surface area contributed by atoms with Gasteiger partial charge in [0.1, 0.15) is 5.75 Å². The monoisotopic (exact) mass is 366 g/mol. The molecule has 1 fully saturated rings. The average molecular weight is 366 g/mol. The molecule has 0 saturated carbocycles. The lowest BCUT2D eigenvalue weighted by molar-refractivity contribution is -0.132. The molecule has 0 N–H and O–H groups in total. The molecule has 5 heteroatoms. The first-order chi connectivity index (χ1) is 13.2. The third-order valence-electron chi connectivity index (χ3n) is 4.99. The molecule has 0 spiro atoms. The van der Waals surface area contributed by atoms with E-state index in [-0.39, 0.29) is 11.7 Å². The fourth-order valence-electron chi connectivity index (χ4n) is 3.28. The topological polar surface area (TPSA) is 49.9 Å². The smallest absolute Gasteiger partial charge is 0.227 e. The van der Waals surface area contributed by atoms with Gasteiger partial charge in [0.25, 0.3) is 0 Å². The molecule has 27 heavy (non-hydrogen) atoms. The molecule has 0 aromatic heterocycles. The molecule has 5 nitrogen and oxygen atoms in total. The van der Waals surface area contributed by atoms with Crippen LogP contribution in [0.1, 0.15) is 22.3 Å². The standard InChI is InChI=1S/C22H26N2O3/c1-27-20-9-7-18(8-10-20)17-22(26)24-15-13-23(14-16-24)12-11-21(25)19-5-3-2-4-6-19/h2-10H,11-17H2,1H3. The zero-order chi connectivity index (χ0) is 19.1. The summed E-state index contributed by atoms with van der Waals surface area (Å²) in [6.07, 6.45) is 0.931. The van der Waals surface area contributed by atoms with Crippen molar-refractivity contribution in [2.24, 2.45) is 0 Å². The zero-order valence-corrected chi connectivity index (χ0v) is 15.8. The third kappa shape index (κ3) is 5.41. The molecule has 2 aromatic rings. The lowest BCUT2D eigenvalue weighted by atomic mass is 10.1. The van der Waals surface area contributed by atoms with E-state index in [1.54, 1.807) is 7.11 Å². The number of ketones is 1. The Bertz CT molecular complexity index is 751. The molecule has 142 valence electrons. The summed E-state index contributed by atoms with van der Waals surface area (Å²) in [6, 6.07) is 17.0. The summed E-state index contributed by atoms with van der Waals surface area (Å²) in [5, 5.41) is 0. The van der Waals surface area contributed by atoms with E-state index < -0.39 is 0 Å². The van der Waals surface area contributed by atoms with Gasteiger partial charge in [-0.25, -0.2) is 0 Å². The molecule has 1 amide bonds. The molecule has 0 aliphatic carbocycles. The van der Waals surface area contributed by atoms with Gasteiger partial charge in [0, 0.05) is 44.7 Å². The van der Waals surface area contributed by atoms with Crippen LogP contribution in [0.25, 0.3) is 0 Å². The number of hydrogen-bond donors (Lipinski definition) is 0. The highest BCUT2D eigenvalue weighted by molar-refractivity contribution is 5.96. The molecule has 2 aromatic carbocycles. The Labute approximate surface area is 160 Å². The molecule has 0 atom stereocenters. The van der Waals surface area contributed by atoms with Crippen LogP contribution in [-0.2, 0) is 11.2 Å². The third-order valence-corrected chi connectivity index (χ3v) is 4.99. The predicted molar refractivity (Wildman–Crippen MR) is 105 cm³/mol. The number of piperazine rings is 1. The van der Waals surface area contributed by atoms with E-state index >= 15 is 0 Å². The highest BCUT2D eigenvalue weighted by atomic mass is 16.5. The van der Waals surface area contributed by atoms with Gasteiger partial charge in [0.15, 0.2) is 5.78 Å². The van der Waals surface area contributed by atoms with E-state index in [4.69, 9.17) is 4.74 Å². The van der Waals surface area contributed by atoms with Crippen molar-refractivity contribution < 1.29 is 14.3 Å². The number of nitrogens with zero attached hydrogens (tertiary/aromatic N) is 2. The molecule has 1 aliphatic heterocycles. The van der Waals surface area contributed by atoms with Crippen molar-refractivity contribution in [3.63, 3.8) is 0 Å². The van der Waals surface area contributed by atoms with Crippen molar-refractivity contribution in [3.8, 4) is 5.75 Å². The molecular formula is C22H26N2O3. The second-order valence-corrected chi connectivity index (χ2v) is 6.79. The fraction of sp³-hybridized carbons (Fsp3) is 0.364. The van der Waals surface area contributed by atoms with Gasteiger partial charge >= 0.3 is 0 Å². The van der Waals surface area contributed by atoms with E-state index in [0.29, 0.717) is 25.9 Å². The number of hydrogen-bond acceptors (Lipinski definition) is 4. The zero-order valence-electron chi connectivity index (χ0n) is 15.8. The largest absolute Gasteiger partial charge is 0.497 e. The van der Waals surface area contributed by atoms with Gasteiger partial charge in [0.2, 0.25) is 5.91 Å². The van der Waals surface area contributed by atoms with Crippen molar-refractivity contribution in [3.05, 3.63) is 65.7 Å². The summed E-state index contributed by atoms with van der Waals surface area (Å²) in [5.74, 6) is 1.12. The molecular weight excluding hydrogens is 340 g/mol. The van der Waals surface area contributed by atoms with Crippen LogP contribution in [-0.4, -0.2) is 61.3 Å². The first kappa shape index (κ1) is 19.1. The Morgan fingerprint density at radius 3 is 2.22 bits per heavy atom. The van der Waals surface area contributed by atoms with Crippen LogP contribution in [0.5, 0.6) is 5.75 Å². The number of carbonyl (C=O) groups excluding carboxylic acids is 2. The summed E-state index contributed by atoms with van der Waals surface area (Å²) in [6.45, 7) is 3.81. The minimum absolute atomic E-state index is 0.153. The SMILES string of the molecule is COc1ccc(CC(=O)N2CCN(CCC(=O)c3ccccc3)CC2)cc1. The van der Waals surface area contributed by atoms with Crippen molar-refractivity contribution in [2.45, 2.75) is 12.8 Å². The molecule has 1 saturated heterocycles. The van der Waals surface area contributed by atoms with Crippen LogP contribution in [0, 0.1) is 0 Å². The van der Waals surface area contributed by atoms with Crippen LogP contribution in [0.4, 0.5) is 0 Å². The number of rotatable bonds is 7. The number of ether oxygens (including phenoxy) is 1. The molecule has 0 bridgehead atoms. The van der Waals surface area contributed by atoms with E-state index in [2.05, 4.69) is 4.90 Å². The quantitative estimate of drug-likeness (QED) is 0.707. The minimum atomic E-state index is 0.153. The first-order valence-electron chi connectivity index (χ1n) is 9.37. The van der Waals surface area contributed by atoms with Crippen LogP contribution in [0.15, 0.2) is 54.6 Å². The maximum Gasteiger partial charge on any atom is 0.227 e. The summed E-state index contributed by atoms with van der Waals surface area (Å²) in [7, 11) is 1.63. The van der Waals surface area contributed by atoms with Crippen LogP contribution >= 0.6 is 0 Å². The number of benzene rings is 2. The molecule has 1 heterocycles. The van der Waals surface area contributed by atoms with Crippen molar-refractivity contribution >= 4 is 11.7 Å². The Kier molecular flexibility index (Phi) is 6.60. The fourth-order valence-corrected chi connectivity index (χ4v) is 3.28. The molecule has 3 rings (SSSR count). The Morgan fingerprint density at radius 2 is 1.59 bits per heavy atom. The van der Waals surface area contributed by atoms with Gasteiger partial charge in [0.05, 0.1) is 13.5 Å². The highest BCUT2D eigenvalue weighted by Gasteiger charge is 2.21. The van der Waals surface area contributed by atoms with Crippen molar-refractivity contribution in [1.82, 2.24) is 9.80 Å². The van der Waals surface area contributed by atoms with E-state index in [1.807, 2.05) is 59.5 Å². The summed E-state index contributed by atoms with van der Waals surface area (Å²) in [4.78, 5) is 28.9.